The first-order valence-corrected chi connectivity index (χ1v) is 6.61. The van der Waals surface area contributed by atoms with Crippen LogP contribution in [0.1, 0.15) is 21.7 Å². The molecule has 17 heavy (non-hydrogen) atoms. The van der Waals surface area contributed by atoms with Crippen LogP contribution in [0.3, 0.4) is 0 Å². The Kier molecular flexibility index (Phi) is 16.7. The number of esters is 2. The van der Waals surface area contributed by atoms with Gasteiger partial charge in [-0.15, -0.1) is 0 Å². The van der Waals surface area contributed by atoms with Crippen molar-refractivity contribution in [2.45, 2.75) is 20.3 Å². The van der Waals surface area contributed by atoms with E-state index < -0.39 is 21.0 Å². The monoisotopic (exact) mass is 298 g/mol. The summed E-state index contributed by atoms with van der Waals surface area (Å²) in [7, 11) is -3.83. The molecule has 0 saturated heterocycles. The Morgan fingerprint density at radius 1 is 1.18 bits per heavy atom. The third kappa shape index (κ3) is 31.4. The largest absolute Gasteiger partial charge is 1.00 e. The maximum atomic E-state index is 10.6. The van der Waals surface area contributed by atoms with Crippen LogP contribution in [0, 0.1) is 0 Å². The van der Waals surface area contributed by atoms with Crippen LogP contribution in [-0.2, 0) is 39.3 Å². The maximum absolute atomic E-state index is 10.6. The van der Waals surface area contributed by atoms with Gasteiger partial charge in [0.15, 0.2) is 0 Å². The zero-order chi connectivity index (χ0) is 13.2. The molecule has 0 aliphatic heterocycles. The van der Waals surface area contributed by atoms with Crippen LogP contribution in [0.25, 0.3) is 0 Å². The van der Waals surface area contributed by atoms with Crippen LogP contribution < -0.4 is 29.6 Å². The molecule has 0 radical (unpaired) electrons. The maximum Gasteiger partial charge on any atom is 1.00 e. The van der Waals surface area contributed by atoms with Gasteiger partial charge in [0.25, 0.3) is 9.05 Å². The molecule has 0 aromatic rings. The molecule has 0 heterocycles. The van der Waals surface area contributed by atoms with Gasteiger partial charge in [-0.2, -0.15) is 4.21 Å². The Labute approximate surface area is 128 Å². The van der Waals surface area contributed by atoms with Gasteiger partial charge in [-0.3, -0.25) is 18.7 Å². The molecule has 98 valence electrons. The third-order valence-electron chi connectivity index (χ3n) is 0.899. The molecule has 0 bridgehead atoms. The van der Waals surface area contributed by atoms with Gasteiger partial charge in [0, 0.05) is 11.2 Å². The Balaban J connectivity index is -0.000000122. The van der Waals surface area contributed by atoms with Crippen LogP contribution in [-0.4, -0.2) is 38.5 Å². The van der Waals surface area contributed by atoms with E-state index in [1.54, 1.807) is 13.8 Å². The van der Waals surface area contributed by atoms with Crippen LogP contribution in [0.5, 0.6) is 0 Å². The first kappa shape index (κ1) is 22.4. The molecule has 7 nitrogen and oxygen atoms in total. The average molecular weight is 298 g/mol. The summed E-state index contributed by atoms with van der Waals surface area (Å²) in [5, 5.41) is 0. The molecule has 10 heteroatoms. The fourth-order valence-electron chi connectivity index (χ4n) is 0.542. The smallest absolute Gasteiger partial charge is 1.00 e. The number of carbonyl (C=O) groups excluding carboxylic acids is 2. The summed E-state index contributed by atoms with van der Waals surface area (Å²) < 4.78 is 33.0. The van der Waals surface area contributed by atoms with Crippen molar-refractivity contribution in [3.05, 3.63) is 0 Å². The van der Waals surface area contributed by atoms with E-state index in [0.717, 1.165) is 0 Å². The minimum absolute atomic E-state index is 0. The molecule has 0 saturated carbocycles. The fourth-order valence-corrected chi connectivity index (χ4v) is 0.542. The molecule has 0 aliphatic rings. The Morgan fingerprint density at radius 3 is 1.59 bits per heavy atom. The standard InChI is InChI=1S/C7H12O4.Na.H2O3S2.H/c1-3-10-6(8)5-7(9)11-4-2;;1-5(2,3)4;/h3-5H2,1-2H3;;(H2,1,2,3,4);/q;+1;;-1. The van der Waals surface area contributed by atoms with Crippen LogP contribution in [0.2, 0.25) is 0 Å². The number of hydrogen-bond acceptors (Lipinski definition) is 6. The van der Waals surface area contributed by atoms with E-state index >= 15 is 0 Å². The molecule has 0 amide bonds. The molecule has 2 N–H and O–H groups in total. The van der Waals surface area contributed by atoms with Gasteiger partial charge < -0.3 is 10.9 Å². The molecule has 0 unspecified atom stereocenters. The number of carbonyl (C=O) groups is 2. The van der Waals surface area contributed by atoms with E-state index in [0.29, 0.717) is 0 Å². The van der Waals surface area contributed by atoms with Crippen molar-refractivity contribution < 1.29 is 63.4 Å². The molecule has 0 aromatic heterocycles. The molecule has 0 atom stereocenters. The van der Waals surface area contributed by atoms with E-state index in [1.807, 2.05) is 0 Å². The first-order chi connectivity index (χ1) is 7.20. The zero-order valence-electron chi connectivity index (χ0n) is 10.9. The van der Waals surface area contributed by atoms with Crippen LogP contribution in [0.4, 0.5) is 0 Å². The summed E-state index contributed by atoms with van der Waals surface area (Å²) in [6.07, 6.45) is -0.290. The first-order valence-electron chi connectivity index (χ1n) is 4.21. The quantitative estimate of drug-likeness (QED) is 0.328. The van der Waals surface area contributed by atoms with Crippen molar-refractivity contribution in [1.29, 1.82) is 0 Å². The Hall–Kier alpha value is 0.230. The molecule has 0 fully saturated rings. The summed E-state index contributed by atoms with van der Waals surface area (Å²) in [5.74, 6) is -1.07. The molecule has 0 rings (SSSR count). The molecular formula is C7H15NaO7S2. The van der Waals surface area contributed by atoms with Crippen molar-refractivity contribution in [1.82, 2.24) is 0 Å². The van der Waals surface area contributed by atoms with Gasteiger partial charge in [0.05, 0.1) is 13.2 Å². The fraction of sp³-hybridized carbons (Fsp3) is 0.714. The summed E-state index contributed by atoms with van der Waals surface area (Å²) in [6, 6.07) is 0. The van der Waals surface area contributed by atoms with Crippen LogP contribution in [0.15, 0.2) is 0 Å². The minimum Gasteiger partial charge on any atom is -1.00 e. The SMILES string of the molecule is CCOC(=O)CC(=O)OCC.O=S(O)(O)=S.[H-].[Na+]. The second-order valence-corrected chi connectivity index (χ2v) is 4.43. The van der Waals surface area contributed by atoms with Crippen LogP contribution >= 0.6 is 0 Å². The second kappa shape index (κ2) is 12.7. The van der Waals surface area contributed by atoms with Crippen molar-refractivity contribution in [3.63, 3.8) is 0 Å². The molecule has 0 aliphatic carbocycles. The second-order valence-electron chi connectivity index (χ2n) is 2.23. The number of hydrogen-bond donors (Lipinski definition) is 2. The summed E-state index contributed by atoms with van der Waals surface area (Å²) in [5.41, 5.74) is 0. The van der Waals surface area contributed by atoms with Crippen molar-refractivity contribution in [2.24, 2.45) is 0 Å². The number of rotatable bonds is 4. The van der Waals surface area contributed by atoms with Gasteiger partial charge in [-0.1, -0.05) is 0 Å². The Morgan fingerprint density at radius 2 is 1.41 bits per heavy atom. The van der Waals surface area contributed by atoms with Gasteiger partial charge in [-0.05, 0) is 13.8 Å². The third-order valence-corrected chi connectivity index (χ3v) is 0.899. The van der Waals surface area contributed by atoms with Gasteiger partial charge in [0.1, 0.15) is 6.42 Å². The van der Waals surface area contributed by atoms with E-state index in [1.165, 1.54) is 0 Å². The van der Waals surface area contributed by atoms with E-state index in [9.17, 15) is 9.59 Å². The average Bonchev–Trinajstić information content (AvgIpc) is 2.00. The predicted molar refractivity (Wildman–Crippen MR) is 59.8 cm³/mol. The normalized spacial score (nSPS) is 9.18. The summed E-state index contributed by atoms with van der Waals surface area (Å²) in [6.45, 7) is 3.95. The van der Waals surface area contributed by atoms with Crippen molar-refractivity contribution in [2.75, 3.05) is 13.2 Å². The zero-order valence-corrected chi connectivity index (χ0v) is 13.5. The van der Waals surface area contributed by atoms with Gasteiger partial charge in [0.2, 0.25) is 0 Å². The molecule has 0 aromatic carbocycles. The minimum atomic E-state index is -3.83. The van der Waals surface area contributed by atoms with Crippen molar-refractivity contribution >= 4 is 32.2 Å². The molecular weight excluding hydrogens is 283 g/mol. The van der Waals surface area contributed by atoms with E-state index in [-0.39, 0.29) is 50.6 Å². The summed E-state index contributed by atoms with van der Waals surface area (Å²) >= 11 is 3.47. The summed E-state index contributed by atoms with van der Waals surface area (Å²) in [4.78, 5) is 21.2. The molecule has 0 spiro atoms. The predicted octanol–water partition coefficient (Wildman–Crippen LogP) is -2.70. The van der Waals surface area contributed by atoms with E-state index in [4.69, 9.17) is 13.3 Å². The van der Waals surface area contributed by atoms with Crippen molar-refractivity contribution in [3.8, 4) is 0 Å². The van der Waals surface area contributed by atoms with Gasteiger partial charge >= 0.3 is 41.5 Å². The van der Waals surface area contributed by atoms with E-state index in [2.05, 4.69) is 20.7 Å². The Bertz CT molecular complexity index is 296. The number of ether oxygens (including phenoxy) is 2. The topological polar surface area (TPSA) is 110 Å². The van der Waals surface area contributed by atoms with Gasteiger partial charge in [-0.25, -0.2) is 0 Å².